The molecule has 0 radical (unpaired) electrons. The zero-order valence-corrected chi connectivity index (χ0v) is 19.3. The first-order valence-electron chi connectivity index (χ1n) is 10.00. The summed E-state index contributed by atoms with van der Waals surface area (Å²) in [6, 6.07) is 3.55. The monoisotopic (exact) mass is 416 g/mol. The fourth-order valence-electron chi connectivity index (χ4n) is 2.89. The van der Waals surface area contributed by atoms with Gasteiger partial charge in [0.2, 0.25) is 0 Å². The number of hydrogen-bond acceptors (Lipinski definition) is 5. The van der Waals surface area contributed by atoms with E-state index in [1.54, 1.807) is 16.9 Å². The highest BCUT2D eigenvalue weighted by Crippen LogP contribution is 2.37. The zero-order chi connectivity index (χ0) is 21.2. The van der Waals surface area contributed by atoms with E-state index < -0.39 is 8.32 Å². The van der Waals surface area contributed by atoms with Gasteiger partial charge in [-0.1, -0.05) is 20.8 Å². The average Bonchev–Trinajstić information content (AvgIpc) is 3.09. The lowest BCUT2D eigenvalue weighted by atomic mass is 10.2. The van der Waals surface area contributed by atoms with Crippen LogP contribution in [0.3, 0.4) is 0 Å². The largest absolute Gasteiger partial charge is 0.542 e. The molecule has 2 aromatic rings. The first kappa shape index (κ1) is 21.2. The van der Waals surface area contributed by atoms with Gasteiger partial charge in [-0.05, 0) is 30.3 Å². The van der Waals surface area contributed by atoms with Crippen molar-refractivity contribution in [1.29, 1.82) is 0 Å². The molecule has 0 atom stereocenters. The summed E-state index contributed by atoms with van der Waals surface area (Å²) in [5.74, 6) is 1.28. The van der Waals surface area contributed by atoms with Gasteiger partial charge in [0.05, 0.1) is 18.1 Å². The van der Waals surface area contributed by atoms with E-state index in [-0.39, 0.29) is 11.1 Å². The van der Waals surface area contributed by atoms with Crippen molar-refractivity contribution in [3.63, 3.8) is 0 Å². The maximum atomic E-state index is 12.6. The van der Waals surface area contributed by atoms with Gasteiger partial charge in [0.1, 0.15) is 11.6 Å². The van der Waals surface area contributed by atoms with E-state index in [0.717, 1.165) is 24.5 Å². The van der Waals surface area contributed by atoms with E-state index in [9.17, 15) is 4.79 Å². The molecule has 0 aliphatic carbocycles. The molecule has 29 heavy (non-hydrogen) atoms. The van der Waals surface area contributed by atoms with Gasteiger partial charge < -0.3 is 14.2 Å². The van der Waals surface area contributed by atoms with Crippen LogP contribution in [0, 0.1) is 0 Å². The number of aryl methyl sites for hydroxylation is 1. The lowest BCUT2D eigenvalue weighted by Gasteiger charge is -2.36. The second-order valence-corrected chi connectivity index (χ2v) is 13.7. The SMILES string of the molecule is Cn1cc(N2CCN(C(=O)Nc3ccc(O[Si](C)(C)C(C)(C)C)cn3)CC2)cn1. The summed E-state index contributed by atoms with van der Waals surface area (Å²) in [4.78, 5) is 21.0. The molecule has 0 saturated carbocycles. The molecule has 158 valence electrons. The van der Waals surface area contributed by atoms with E-state index in [2.05, 4.69) is 54.2 Å². The third-order valence-corrected chi connectivity index (χ3v) is 10.1. The van der Waals surface area contributed by atoms with E-state index in [1.807, 2.05) is 30.4 Å². The molecule has 8 nitrogen and oxygen atoms in total. The lowest BCUT2D eigenvalue weighted by molar-refractivity contribution is 0.208. The van der Waals surface area contributed by atoms with Crippen molar-refractivity contribution in [1.82, 2.24) is 19.7 Å². The molecular formula is C20H32N6O2Si. The van der Waals surface area contributed by atoms with E-state index >= 15 is 0 Å². The van der Waals surface area contributed by atoms with Crippen molar-refractivity contribution < 1.29 is 9.22 Å². The highest BCUT2D eigenvalue weighted by atomic mass is 28.4. The van der Waals surface area contributed by atoms with Crippen molar-refractivity contribution in [2.45, 2.75) is 38.9 Å². The molecule has 0 bridgehead atoms. The summed E-state index contributed by atoms with van der Waals surface area (Å²) in [6.07, 6.45) is 5.54. The number of nitrogens with zero attached hydrogens (tertiary/aromatic N) is 5. The fraction of sp³-hybridized carbons (Fsp3) is 0.550. The van der Waals surface area contributed by atoms with Crippen LogP contribution < -0.4 is 14.6 Å². The molecule has 1 saturated heterocycles. The number of aromatic nitrogens is 3. The van der Waals surface area contributed by atoms with E-state index in [1.165, 1.54) is 0 Å². The second kappa shape index (κ2) is 8.06. The topological polar surface area (TPSA) is 75.5 Å². The first-order chi connectivity index (χ1) is 13.5. The van der Waals surface area contributed by atoms with Crippen LogP contribution in [0.1, 0.15) is 20.8 Å². The first-order valence-corrected chi connectivity index (χ1v) is 12.9. The van der Waals surface area contributed by atoms with Gasteiger partial charge >= 0.3 is 6.03 Å². The fourth-order valence-corrected chi connectivity index (χ4v) is 3.91. The molecule has 2 aromatic heterocycles. The number of piperazine rings is 1. The van der Waals surface area contributed by atoms with E-state index in [4.69, 9.17) is 4.43 Å². The minimum Gasteiger partial charge on any atom is -0.542 e. The van der Waals surface area contributed by atoms with Gasteiger partial charge in [-0.3, -0.25) is 10.00 Å². The molecule has 1 aliphatic heterocycles. The number of nitrogens with one attached hydrogen (secondary N) is 1. The molecule has 1 N–H and O–H groups in total. The Labute approximate surface area is 174 Å². The maximum Gasteiger partial charge on any atom is 0.323 e. The summed E-state index contributed by atoms with van der Waals surface area (Å²) in [5.41, 5.74) is 1.09. The molecular weight excluding hydrogens is 384 g/mol. The summed E-state index contributed by atoms with van der Waals surface area (Å²) >= 11 is 0. The predicted molar refractivity (Wildman–Crippen MR) is 118 cm³/mol. The molecule has 9 heteroatoms. The summed E-state index contributed by atoms with van der Waals surface area (Å²) in [7, 11) is 0.00438. The standard InChI is InChI=1S/C20H32N6O2Si/c1-20(2,3)29(5,6)28-17-7-8-18(21-14-17)23-19(27)26-11-9-25(10-12-26)16-13-22-24(4)15-16/h7-8,13-15H,9-12H2,1-6H3,(H,21,23,27). The Kier molecular flexibility index (Phi) is 5.88. The third-order valence-electron chi connectivity index (χ3n) is 5.77. The summed E-state index contributed by atoms with van der Waals surface area (Å²) < 4.78 is 8.03. The Morgan fingerprint density at radius 1 is 1.14 bits per heavy atom. The maximum absolute atomic E-state index is 12.6. The van der Waals surface area contributed by atoms with Crippen LogP contribution in [0.15, 0.2) is 30.7 Å². The summed E-state index contributed by atoms with van der Waals surface area (Å²) in [6.45, 7) is 13.9. The number of carbonyl (C=O) groups is 1. The van der Waals surface area contributed by atoms with Gasteiger partial charge in [0.25, 0.3) is 8.32 Å². The van der Waals surface area contributed by atoms with Gasteiger partial charge in [0.15, 0.2) is 0 Å². The number of hydrogen-bond donors (Lipinski definition) is 1. The Bertz CT molecular complexity index is 835. The Morgan fingerprint density at radius 3 is 2.34 bits per heavy atom. The van der Waals surface area contributed by atoms with Crippen molar-refractivity contribution >= 4 is 25.9 Å². The molecule has 0 spiro atoms. The van der Waals surface area contributed by atoms with Crippen LogP contribution in [0.2, 0.25) is 18.1 Å². The van der Waals surface area contributed by atoms with Crippen molar-refractivity contribution in [3.8, 4) is 5.75 Å². The Morgan fingerprint density at radius 2 is 1.83 bits per heavy atom. The van der Waals surface area contributed by atoms with Crippen LogP contribution in [0.5, 0.6) is 5.75 Å². The molecule has 2 amide bonds. The zero-order valence-electron chi connectivity index (χ0n) is 18.3. The molecule has 0 aromatic carbocycles. The average molecular weight is 417 g/mol. The Balaban J connectivity index is 1.52. The number of amides is 2. The lowest BCUT2D eigenvalue weighted by Crippen LogP contribution is -2.50. The molecule has 1 fully saturated rings. The van der Waals surface area contributed by atoms with Gasteiger partial charge in [-0.2, -0.15) is 5.10 Å². The molecule has 1 aliphatic rings. The number of carbonyl (C=O) groups excluding carboxylic acids is 1. The van der Waals surface area contributed by atoms with Crippen molar-refractivity contribution in [3.05, 3.63) is 30.7 Å². The second-order valence-electron chi connectivity index (χ2n) is 9.02. The number of pyridine rings is 1. The molecule has 3 heterocycles. The van der Waals surface area contributed by atoms with Gasteiger partial charge in [0, 0.05) is 39.4 Å². The highest BCUT2D eigenvalue weighted by Gasteiger charge is 2.39. The van der Waals surface area contributed by atoms with E-state index in [0.29, 0.717) is 18.9 Å². The minimum absolute atomic E-state index is 0.123. The molecule has 0 unspecified atom stereocenters. The van der Waals surface area contributed by atoms with Crippen LogP contribution in [0.25, 0.3) is 0 Å². The predicted octanol–water partition coefficient (Wildman–Crippen LogP) is 3.55. The quantitative estimate of drug-likeness (QED) is 0.772. The molecule has 3 rings (SSSR count). The third kappa shape index (κ3) is 5.09. The summed E-state index contributed by atoms with van der Waals surface area (Å²) in [5, 5.41) is 7.22. The normalized spacial score (nSPS) is 15.4. The van der Waals surface area contributed by atoms with Crippen LogP contribution in [0.4, 0.5) is 16.3 Å². The van der Waals surface area contributed by atoms with Crippen LogP contribution in [-0.2, 0) is 7.05 Å². The van der Waals surface area contributed by atoms with Crippen molar-refractivity contribution in [2.24, 2.45) is 7.05 Å². The minimum atomic E-state index is -1.90. The number of rotatable bonds is 4. The number of anilines is 2. The van der Waals surface area contributed by atoms with Gasteiger partial charge in [-0.15, -0.1) is 0 Å². The van der Waals surface area contributed by atoms with Gasteiger partial charge in [-0.25, -0.2) is 9.78 Å². The van der Waals surface area contributed by atoms with Crippen LogP contribution >= 0.6 is 0 Å². The number of urea groups is 1. The highest BCUT2D eigenvalue weighted by molar-refractivity contribution is 6.74. The Hall–Kier alpha value is -2.55. The van der Waals surface area contributed by atoms with Crippen molar-refractivity contribution in [2.75, 3.05) is 36.4 Å². The smallest absolute Gasteiger partial charge is 0.323 e. The van der Waals surface area contributed by atoms with Crippen LogP contribution in [-0.4, -0.2) is 60.2 Å².